The van der Waals surface area contributed by atoms with Crippen molar-refractivity contribution in [1.29, 1.82) is 0 Å². The van der Waals surface area contributed by atoms with Crippen molar-refractivity contribution in [1.82, 2.24) is 9.80 Å². The van der Waals surface area contributed by atoms with Gasteiger partial charge in [0.25, 0.3) is 0 Å². The number of carboxylic acid groups (broad SMARTS) is 1. The summed E-state index contributed by atoms with van der Waals surface area (Å²) in [5.74, 6) is -1.23. The number of nitrogens with zero attached hydrogens (tertiary/aromatic N) is 2. The van der Waals surface area contributed by atoms with Crippen LogP contribution >= 0.6 is 11.6 Å². The van der Waals surface area contributed by atoms with Crippen LogP contribution in [0.15, 0.2) is 18.2 Å². The zero-order valence-corrected chi connectivity index (χ0v) is 12.1. The predicted octanol–water partition coefficient (Wildman–Crippen LogP) is 1.34. The molecule has 0 bridgehead atoms. The summed E-state index contributed by atoms with van der Waals surface area (Å²) in [5, 5.41) is 11.5. The molecule has 0 atom stereocenters. The van der Waals surface area contributed by atoms with E-state index >= 15 is 0 Å². The van der Waals surface area contributed by atoms with E-state index in [-0.39, 0.29) is 23.0 Å². The van der Waals surface area contributed by atoms with Crippen LogP contribution in [0.4, 0.5) is 10.5 Å². The zero-order chi connectivity index (χ0) is 15.6. The highest BCUT2D eigenvalue weighted by Gasteiger charge is 2.25. The lowest BCUT2D eigenvalue weighted by atomic mass is 10.2. The van der Waals surface area contributed by atoms with Crippen LogP contribution in [0.3, 0.4) is 0 Å². The third kappa shape index (κ3) is 3.43. The molecule has 3 amide bonds. The first kappa shape index (κ1) is 15.1. The summed E-state index contributed by atoms with van der Waals surface area (Å²) < 4.78 is 0. The molecule has 21 heavy (non-hydrogen) atoms. The first-order valence-corrected chi connectivity index (χ1v) is 6.59. The minimum absolute atomic E-state index is 0.00711. The number of halogens is 1. The molecule has 1 aliphatic heterocycles. The molecule has 112 valence electrons. The molecular weight excluding hydrogens is 298 g/mol. The number of benzene rings is 1. The number of amides is 3. The fourth-order valence-electron chi connectivity index (χ4n) is 1.88. The second-order valence-corrected chi connectivity index (χ2v) is 5.07. The molecule has 0 unspecified atom stereocenters. The Bertz CT molecular complexity index is 605. The monoisotopic (exact) mass is 311 g/mol. The van der Waals surface area contributed by atoms with Crippen molar-refractivity contribution >= 4 is 35.2 Å². The van der Waals surface area contributed by atoms with Crippen LogP contribution in [0.2, 0.25) is 5.02 Å². The van der Waals surface area contributed by atoms with E-state index in [9.17, 15) is 14.4 Å². The van der Waals surface area contributed by atoms with Gasteiger partial charge in [-0.05, 0) is 18.2 Å². The number of carbonyl (C=O) groups is 3. The predicted molar refractivity (Wildman–Crippen MR) is 76.6 cm³/mol. The van der Waals surface area contributed by atoms with Gasteiger partial charge in [-0.3, -0.25) is 4.79 Å². The van der Waals surface area contributed by atoms with Gasteiger partial charge < -0.3 is 20.2 Å². The van der Waals surface area contributed by atoms with E-state index in [1.807, 2.05) is 0 Å². The molecule has 1 saturated heterocycles. The summed E-state index contributed by atoms with van der Waals surface area (Å²) >= 11 is 5.94. The highest BCUT2D eigenvalue weighted by Crippen LogP contribution is 2.23. The molecule has 2 N–H and O–H groups in total. The molecule has 1 heterocycles. The first-order valence-electron chi connectivity index (χ1n) is 6.21. The van der Waals surface area contributed by atoms with Crippen LogP contribution in [0, 0.1) is 0 Å². The van der Waals surface area contributed by atoms with Gasteiger partial charge in [0.1, 0.15) is 6.54 Å². The summed E-state index contributed by atoms with van der Waals surface area (Å²) in [7, 11) is 1.68. The highest BCUT2D eigenvalue weighted by molar-refractivity contribution is 6.34. The minimum atomic E-state index is -1.10. The number of hydrogen-bond donors (Lipinski definition) is 2. The Balaban J connectivity index is 2.06. The fourth-order valence-corrected chi connectivity index (χ4v) is 2.10. The summed E-state index contributed by atoms with van der Waals surface area (Å²) in [5.41, 5.74) is 0.339. The Kier molecular flexibility index (Phi) is 4.32. The van der Waals surface area contributed by atoms with E-state index < -0.39 is 12.0 Å². The van der Waals surface area contributed by atoms with Crippen LogP contribution in [0.1, 0.15) is 10.4 Å². The molecule has 1 fully saturated rings. The van der Waals surface area contributed by atoms with Crippen molar-refractivity contribution in [2.45, 2.75) is 0 Å². The molecule has 0 spiro atoms. The number of aromatic carboxylic acids is 1. The van der Waals surface area contributed by atoms with Gasteiger partial charge in [0, 0.05) is 20.1 Å². The van der Waals surface area contributed by atoms with Gasteiger partial charge in [-0.15, -0.1) is 0 Å². The van der Waals surface area contributed by atoms with Gasteiger partial charge in [-0.25, -0.2) is 9.59 Å². The van der Waals surface area contributed by atoms with E-state index in [2.05, 4.69) is 5.32 Å². The van der Waals surface area contributed by atoms with Crippen LogP contribution in [-0.4, -0.2) is 59.5 Å². The smallest absolute Gasteiger partial charge is 0.335 e. The Labute approximate surface area is 126 Å². The number of urea groups is 1. The summed E-state index contributed by atoms with van der Waals surface area (Å²) in [6.07, 6.45) is 0. The topological polar surface area (TPSA) is 89.9 Å². The summed E-state index contributed by atoms with van der Waals surface area (Å²) in [4.78, 5) is 37.4. The largest absolute Gasteiger partial charge is 0.478 e. The van der Waals surface area contributed by atoms with Crippen molar-refractivity contribution in [2.75, 3.05) is 32.0 Å². The van der Waals surface area contributed by atoms with Gasteiger partial charge in [-0.2, -0.15) is 0 Å². The van der Waals surface area contributed by atoms with E-state index in [1.165, 1.54) is 23.1 Å². The van der Waals surface area contributed by atoms with Crippen molar-refractivity contribution in [3.05, 3.63) is 28.8 Å². The van der Waals surface area contributed by atoms with Crippen LogP contribution in [0.5, 0.6) is 0 Å². The Morgan fingerprint density at radius 2 is 2.05 bits per heavy atom. The number of carbonyl (C=O) groups excluding carboxylic acids is 2. The van der Waals surface area contributed by atoms with Crippen molar-refractivity contribution < 1.29 is 19.5 Å². The number of likely N-dealkylation sites (N-methyl/N-ethyl adjacent to an activating group) is 1. The Morgan fingerprint density at radius 3 is 2.62 bits per heavy atom. The van der Waals surface area contributed by atoms with E-state index in [1.54, 1.807) is 11.9 Å². The van der Waals surface area contributed by atoms with Gasteiger partial charge in [-0.1, -0.05) is 11.6 Å². The lowest BCUT2D eigenvalue weighted by molar-refractivity contribution is -0.133. The average Bonchev–Trinajstić information content (AvgIpc) is 2.43. The molecule has 0 saturated carbocycles. The third-order valence-corrected chi connectivity index (χ3v) is 3.51. The number of nitrogens with one attached hydrogen (secondary N) is 1. The minimum Gasteiger partial charge on any atom is -0.478 e. The average molecular weight is 312 g/mol. The molecule has 0 aromatic heterocycles. The maximum Gasteiger partial charge on any atom is 0.335 e. The van der Waals surface area contributed by atoms with Gasteiger partial charge in [0.15, 0.2) is 0 Å². The molecule has 0 radical (unpaired) electrons. The molecule has 1 aliphatic rings. The second kappa shape index (κ2) is 6.01. The lowest BCUT2D eigenvalue weighted by Gasteiger charge is -2.32. The van der Waals surface area contributed by atoms with E-state index in [0.717, 1.165) is 0 Å². The SMILES string of the molecule is CN1CCN(C(=O)Nc2ccc(C(=O)O)cc2Cl)CC1=O. The van der Waals surface area contributed by atoms with Crippen LogP contribution in [-0.2, 0) is 4.79 Å². The highest BCUT2D eigenvalue weighted by atomic mass is 35.5. The Morgan fingerprint density at radius 1 is 1.33 bits per heavy atom. The summed E-state index contributed by atoms with van der Waals surface area (Å²) in [6, 6.07) is 3.58. The number of hydrogen-bond acceptors (Lipinski definition) is 3. The fraction of sp³-hybridized carbons (Fsp3) is 0.308. The lowest BCUT2D eigenvalue weighted by Crippen LogP contribution is -2.51. The van der Waals surface area contributed by atoms with Gasteiger partial charge >= 0.3 is 12.0 Å². The van der Waals surface area contributed by atoms with Crippen molar-refractivity contribution in [3.63, 3.8) is 0 Å². The normalized spacial score (nSPS) is 15.0. The number of anilines is 1. The van der Waals surface area contributed by atoms with Crippen molar-refractivity contribution in [3.8, 4) is 0 Å². The standard InChI is InChI=1S/C13H14ClN3O4/c1-16-4-5-17(7-11(16)18)13(21)15-10-3-2-8(12(19)20)6-9(10)14/h2-3,6H,4-5,7H2,1H3,(H,15,21)(H,19,20). The first-order chi connectivity index (χ1) is 9.88. The molecule has 0 aliphatic carbocycles. The van der Waals surface area contributed by atoms with E-state index in [4.69, 9.17) is 16.7 Å². The maximum atomic E-state index is 12.1. The zero-order valence-electron chi connectivity index (χ0n) is 11.3. The van der Waals surface area contributed by atoms with E-state index in [0.29, 0.717) is 18.8 Å². The molecule has 2 rings (SSSR count). The second-order valence-electron chi connectivity index (χ2n) is 4.67. The molecule has 8 heteroatoms. The molecule has 7 nitrogen and oxygen atoms in total. The number of carboxylic acids is 1. The van der Waals surface area contributed by atoms with Gasteiger partial charge in [0.05, 0.1) is 16.3 Å². The van der Waals surface area contributed by atoms with Crippen molar-refractivity contribution in [2.24, 2.45) is 0 Å². The quantitative estimate of drug-likeness (QED) is 0.862. The van der Waals surface area contributed by atoms with Gasteiger partial charge in [0.2, 0.25) is 5.91 Å². The number of rotatable bonds is 2. The molecular formula is C13H14ClN3O4. The molecule has 1 aromatic carbocycles. The maximum absolute atomic E-state index is 12.1. The summed E-state index contributed by atoms with van der Waals surface area (Å²) in [6.45, 7) is 0.907. The number of piperazine rings is 1. The Hall–Kier alpha value is -2.28. The van der Waals surface area contributed by atoms with Crippen LogP contribution in [0.25, 0.3) is 0 Å². The van der Waals surface area contributed by atoms with Crippen LogP contribution < -0.4 is 5.32 Å². The molecule has 1 aromatic rings. The third-order valence-electron chi connectivity index (χ3n) is 3.20.